The second-order valence-corrected chi connectivity index (χ2v) is 4.89. The third-order valence-corrected chi connectivity index (χ3v) is 3.53. The molecule has 0 saturated carbocycles. The third kappa shape index (κ3) is 3.98. The zero-order valence-corrected chi connectivity index (χ0v) is 11.7. The average Bonchev–Trinajstić information content (AvgIpc) is 2.38. The van der Waals surface area contributed by atoms with Crippen molar-refractivity contribution in [3.63, 3.8) is 0 Å². The molecule has 1 aromatic rings. The van der Waals surface area contributed by atoms with Crippen LogP contribution in [0.4, 0.5) is 10.1 Å². The van der Waals surface area contributed by atoms with Crippen LogP contribution in [0.25, 0.3) is 0 Å². The molecule has 1 unspecified atom stereocenters. The fourth-order valence-corrected chi connectivity index (χ4v) is 2.01. The lowest BCUT2D eigenvalue weighted by Crippen LogP contribution is -2.33. The van der Waals surface area contributed by atoms with Crippen LogP contribution in [0.5, 0.6) is 0 Å². The van der Waals surface area contributed by atoms with Crippen molar-refractivity contribution in [1.82, 2.24) is 4.90 Å². The van der Waals surface area contributed by atoms with Gasteiger partial charge in [0.2, 0.25) is 0 Å². The Hall–Kier alpha value is -1.09. The Kier molecular flexibility index (Phi) is 6.13. The third-order valence-electron chi connectivity index (χ3n) is 3.53. The maximum absolute atomic E-state index is 13.4. The van der Waals surface area contributed by atoms with Crippen LogP contribution in [0.15, 0.2) is 18.2 Å². The van der Waals surface area contributed by atoms with Gasteiger partial charge in [0.15, 0.2) is 0 Å². The standard InChI is InChI=1S/C15H25FN2/c1-4-6-10-18(12(3)5-2)11-13-8-7-9-14(16)15(13)17/h7-9,12H,4-6,10-11,17H2,1-3H3. The van der Waals surface area contributed by atoms with E-state index in [9.17, 15) is 4.39 Å². The molecule has 102 valence electrons. The van der Waals surface area contributed by atoms with Crippen LogP contribution in [-0.4, -0.2) is 17.5 Å². The topological polar surface area (TPSA) is 29.3 Å². The number of nitrogens with zero attached hydrogens (tertiary/aromatic N) is 1. The normalized spacial score (nSPS) is 12.9. The first-order valence-corrected chi connectivity index (χ1v) is 6.87. The Morgan fingerprint density at radius 1 is 1.33 bits per heavy atom. The molecule has 0 aliphatic carbocycles. The summed E-state index contributed by atoms with van der Waals surface area (Å²) in [5.74, 6) is -0.313. The van der Waals surface area contributed by atoms with E-state index in [1.807, 2.05) is 6.07 Å². The van der Waals surface area contributed by atoms with E-state index in [2.05, 4.69) is 25.7 Å². The molecule has 0 fully saturated rings. The van der Waals surface area contributed by atoms with Crippen LogP contribution in [0.2, 0.25) is 0 Å². The predicted octanol–water partition coefficient (Wildman–Crippen LogP) is 3.81. The van der Waals surface area contributed by atoms with Crippen LogP contribution in [-0.2, 0) is 6.54 Å². The number of anilines is 1. The highest BCUT2D eigenvalue weighted by Gasteiger charge is 2.14. The molecule has 0 saturated heterocycles. The molecule has 0 amide bonds. The number of unbranched alkanes of at least 4 members (excludes halogenated alkanes) is 1. The maximum atomic E-state index is 13.4. The molecule has 0 radical (unpaired) electrons. The van der Waals surface area contributed by atoms with Gasteiger partial charge in [0.05, 0.1) is 5.69 Å². The van der Waals surface area contributed by atoms with Gasteiger partial charge in [-0.05, 0) is 37.9 Å². The summed E-state index contributed by atoms with van der Waals surface area (Å²) in [6, 6.07) is 5.56. The van der Waals surface area contributed by atoms with Gasteiger partial charge in [-0.3, -0.25) is 4.90 Å². The van der Waals surface area contributed by atoms with Crippen LogP contribution in [0, 0.1) is 5.82 Å². The van der Waals surface area contributed by atoms with Crippen molar-refractivity contribution < 1.29 is 4.39 Å². The molecule has 2 N–H and O–H groups in total. The fraction of sp³-hybridized carbons (Fsp3) is 0.600. The highest BCUT2D eigenvalue weighted by Crippen LogP contribution is 2.19. The molecule has 0 spiro atoms. The number of halogens is 1. The molecule has 1 aromatic carbocycles. The smallest absolute Gasteiger partial charge is 0.146 e. The first-order chi connectivity index (χ1) is 8.60. The molecule has 3 heteroatoms. The van der Waals surface area contributed by atoms with E-state index < -0.39 is 0 Å². The van der Waals surface area contributed by atoms with Crippen molar-refractivity contribution in [3.05, 3.63) is 29.6 Å². The zero-order chi connectivity index (χ0) is 13.5. The Morgan fingerprint density at radius 2 is 2.06 bits per heavy atom. The van der Waals surface area contributed by atoms with Crippen LogP contribution in [0.1, 0.15) is 45.6 Å². The van der Waals surface area contributed by atoms with Crippen molar-refractivity contribution in [2.24, 2.45) is 0 Å². The molecule has 18 heavy (non-hydrogen) atoms. The highest BCUT2D eigenvalue weighted by molar-refractivity contribution is 5.47. The Morgan fingerprint density at radius 3 is 2.67 bits per heavy atom. The van der Waals surface area contributed by atoms with Gasteiger partial charge in [-0.25, -0.2) is 4.39 Å². The molecular weight excluding hydrogens is 227 g/mol. The molecule has 1 rings (SSSR count). The van der Waals surface area contributed by atoms with E-state index in [-0.39, 0.29) is 5.82 Å². The lowest BCUT2D eigenvalue weighted by atomic mass is 10.1. The Bertz CT molecular complexity index is 366. The number of hydrogen-bond acceptors (Lipinski definition) is 2. The number of benzene rings is 1. The summed E-state index contributed by atoms with van der Waals surface area (Å²) in [4.78, 5) is 2.38. The summed E-state index contributed by atoms with van der Waals surface area (Å²) in [5.41, 5.74) is 6.99. The van der Waals surface area contributed by atoms with E-state index in [1.165, 1.54) is 18.9 Å². The van der Waals surface area contributed by atoms with E-state index in [1.54, 1.807) is 6.07 Å². The lowest BCUT2D eigenvalue weighted by Gasteiger charge is -2.28. The van der Waals surface area contributed by atoms with Gasteiger partial charge in [0, 0.05) is 12.6 Å². The summed E-state index contributed by atoms with van der Waals surface area (Å²) in [6.07, 6.45) is 3.43. The van der Waals surface area contributed by atoms with E-state index in [4.69, 9.17) is 5.73 Å². The highest BCUT2D eigenvalue weighted by atomic mass is 19.1. The number of rotatable bonds is 7. The summed E-state index contributed by atoms with van der Waals surface area (Å²) < 4.78 is 13.4. The van der Waals surface area contributed by atoms with Crippen molar-refractivity contribution in [1.29, 1.82) is 0 Å². The SMILES string of the molecule is CCCCN(Cc1cccc(F)c1N)C(C)CC. The Balaban J connectivity index is 2.78. The Labute approximate surface area is 110 Å². The lowest BCUT2D eigenvalue weighted by molar-refractivity contribution is 0.192. The molecule has 0 aliphatic rings. The molecular formula is C15H25FN2. The average molecular weight is 252 g/mol. The summed E-state index contributed by atoms with van der Waals surface area (Å²) in [6.45, 7) is 8.36. The molecule has 0 aliphatic heterocycles. The van der Waals surface area contributed by atoms with Gasteiger partial charge in [-0.1, -0.05) is 32.4 Å². The maximum Gasteiger partial charge on any atom is 0.146 e. The van der Waals surface area contributed by atoms with Gasteiger partial charge >= 0.3 is 0 Å². The largest absolute Gasteiger partial charge is 0.396 e. The molecule has 0 bridgehead atoms. The van der Waals surface area contributed by atoms with Crippen LogP contribution < -0.4 is 5.73 Å². The van der Waals surface area contributed by atoms with E-state index in [0.29, 0.717) is 11.7 Å². The quantitative estimate of drug-likeness (QED) is 0.748. The predicted molar refractivity (Wildman–Crippen MR) is 75.9 cm³/mol. The number of hydrogen-bond donors (Lipinski definition) is 1. The van der Waals surface area contributed by atoms with Gasteiger partial charge in [-0.15, -0.1) is 0 Å². The van der Waals surface area contributed by atoms with E-state index >= 15 is 0 Å². The summed E-state index contributed by atoms with van der Waals surface area (Å²) in [7, 11) is 0. The van der Waals surface area contributed by atoms with Crippen molar-refractivity contribution in [3.8, 4) is 0 Å². The van der Waals surface area contributed by atoms with Crippen molar-refractivity contribution in [2.75, 3.05) is 12.3 Å². The fourth-order valence-electron chi connectivity index (χ4n) is 2.01. The molecule has 0 heterocycles. The number of nitrogen functional groups attached to an aromatic ring is 1. The molecule has 0 aromatic heterocycles. The minimum absolute atomic E-state index is 0.294. The van der Waals surface area contributed by atoms with Crippen LogP contribution >= 0.6 is 0 Å². The van der Waals surface area contributed by atoms with E-state index in [0.717, 1.165) is 25.1 Å². The van der Waals surface area contributed by atoms with Gasteiger partial charge in [-0.2, -0.15) is 0 Å². The number of nitrogens with two attached hydrogens (primary N) is 1. The minimum Gasteiger partial charge on any atom is -0.396 e. The first kappa shape index (κ1) is 15.0. The van der Waals surface area contributed by atoms with Gasteiger partial charge in [0.1, 0.15) is 5.82 Å². The number of para-hydroxylation sites is 1. The minimum atomic E-state index is -0.313. The second kappa shape index (κ2) is 7.37. The van der Waals surface area contributed by atoms with Crippen LogP contribution in [0.3, 0.4) is 0 Å². The molecule has 2 nitrogen and oxygen atoms in total. The summed E-state index contributed by atoms with van der Waals surface area (Å²) >= 11 is 0. The van der Waals surface area contributed by atoms with Gasteiger partial charge in [0.25, 0.3) is 0 Å². The van der Waals surface area contributed by atoms with Gasteiger partial charge < -0.3 is 5.73 Å². The second-order valence-electron chi connectivity index (χ2n) is 4.89. The monoisotopic (exact) mass is 252 g/mol. The van der Waals surface area contributed by atoms with Crippen molar-refractivity contribution >= 4 is 5.69 Å². The summed E-state index contributed by atoms with van der Waals surface area (Å²) in [5, 5.41) is 0. The van der Waals surface area contributed by atoms with Crippen molar-refractivity contribution in [2.45, 2.75) is 52.6 Å². The zero-order valence-electron chi connectivity index (χ0n) is 11.7. The first-order valence-electron chi connectivity index (χ1n) is 6.87. The molecule has 1 atom stereocenters.